The minimum absolute atomic E-state index is 0. The molecule has 0 unspecified atom stereocenters. The molecule has 0 saturated carbocycles. The molecule has 10 aromatic rings. The maximum Gasteiger partial charge on any atom is 0.488 e. The number of para-hydroxylation sites is 4. The average molecular weight is 1070 g/mol. The van der Waals surface area contributed by atoms with Gasteiger partial charge in [0, 0.05) is 94.1 Å². The van der Waals surface area contributed by atoms with E-state index < -0.39 is 7.12 Å². The highest BCUT2D eigenvalue weighted by atomic mass is 79.9. The van der Waals surface area contributed by atoms with Gasteiger partial charge in [0.05, 0.1) is 22.1 Å². The zero-order valence-corrected chi connectivity index (χ0v) is 38.6. The smallest absolute Gasteiger partial charge is 0.488 e. The maximum atomic E-state index is 9.43. The molecule has 348 valence electrons. The molecule has 0 spiro atoms. The molecule has 2 aromatic heterocycles. The summed E-state index contributed by atoms with van der Waals surface area (Å²) in [5, 5.41) is 26.0. The molecule has 0 aliphatic rings. The van der Waals surface area contributed by atoms with E-state index in [1.54, 1.807) is 30.3 Å². The van der Waals surface area contributed by atoms with Gasteiger partial charge in [-0.1, -0.05) is 153 Å². The Morgan fingerprint density at radius 2 is 0.731 bits per heavy atom. The second-order valence-electron chi connectivity index (χ2n) is 13.5. The number of benzene rings is 8. The van der Waals surface area contributed by atoms with Gasteiger partial charge in [0.25, 0.3) is 0 Å². The number of rotatable bonds is 4. The van der Waals surface area contributed by atoms with Gasteiger partial charge in [-0.15, -0.1) is 0 Å². The van der Waals surface area contributed by atoms with Crippen LogP contribution in [0.2, 0.25) is 20.1 Å². The normalized spacial score (nSPS) is 9.90. The van der Waals surface area contributed by atoms with Crippen LogP contribution in [-0.4, -0.2) is 26.3 Å². The lowest BCUT2D eigenvalue weighted by Gasteiger charge is -2.08. The molecular weight excluding hydrogens is 1040 g/mol. The third-order valence-electron chi connectivity index (χ3n) is 9.72. The Morgan fingerprint density at radius 3 is 1.15 bits per heavy atom. The molecule has 0 bridgehead atoms. The lowest BCUT2D eigenvalue weighted by molar-refractivity contribution is -0.0000169. The summed E-state index contributed by atoms with van der Waals surface area (Å²) in [6.07, 6.45) is 0. The number of nitrogens with zero attached hydrogens (tertiary/aromatic N) is 2. The van der Waals surface area contributed by atoms with E-state index in [0.717, 1.165) is 48.8 Å². The molecule has 2 N–H and O–H groups in total. The third-order valence-corrected chi connectivity index (χ3v) is 11.1. The average Bonchev–Trinajstić information content (AvgIpc) is 3.86. The molecule has 0 amide bonds. The van der Waals surface area contributed by atoms with E-state index in [1.165, 1.54) is 21.8 Å². The molecule has 2 heterocycles. The van der Waals surface area contributed by atoms with Gasteiger partial charge in [0.2, 0.25) is 0 Å². The molecule has 0 atom stereocenters. The van der Waals surface area contributed by atoms with E-state index in [9.17, 15) is 10.0 Å². The van der Waals surface area contributed by atoms with Crippen LogP contribution in [0.3, 0.4) is 0 Å². The van der Waals surface area contributed by atoms with Crippen LogP contribution in [-0.2, 0) is 0 Å². The second kappa shape index (κ2) is 27.9. The minimum Gasteiger partial charge on any atom is -1.00 e. The largest absolute Gasteiger partial charge is 1.00 e. The van der Waals surface area contributed by atoms with E-state index in [1.807, 2.05) is 60.7 Å². The zero-order valence-electron chi connectivity index (χ0n) is 34.0. The number of fused-ring (bicyclic) bond motifs is 6. The fraction of sp³-hybridized carbons (Fsp3) is 0. The van der Waals surface area contributed by atoms with E-state index in [-0.39, 0.29) is 4.70 Å². The quantitative estimate of drug-likeness (QED) is 0.136. The van der Waals surface area contributed by atoms with Crippen LogP contribution in [0, 0.1) is 0 Å². The molecule has 0 aliphatic heterocycles. The minimum atomic E-state index is -1.46. The van der Waals surface area contributed by atoms with Gasteiger partial charge in [-0.3, -0.25) is 0 Å². The first-order valence-electron chi connectivity index (χ1n) is 18.8. The van der Waals surface area contributed by atoms with Gasteiger partial charge in [0.1, 0.15) is 0 Å². The zero-order chi connectivity index (χ0) is 48.3. The van der Waals surface area contributed by atoms with E-state index in [4.69, 9.17) is 83.0 Å². The van der Waals surface area contributed by atoms with Gasteiger partial charge in [0.15, 0.2) is 0 Å². The van der Waals surface area contributed by atoms with Crippen molar-refractivity contribution in [2.45, 2.75) is 0 Å². The van der Waals surface area contributed by atoms with E-state index >= 15 is 0 Å². The summed E-state index contributed by atoms with van der Waals surface area (Å²) < 4.78 is 69.4. The first-order valence-corrected chi connectivity index (χ1v) is 21.1. The Labute approximate surface area is 405 Å². The Kier molecular flexibility index (Phi) is 23.2. The van der Waals surface area contributed by atoms with E-state index in [0.29, 0.717) is 25.6 Å². The Hall–Kier alpha value is -5.65. The van der Waals surface area contributed by atoms with Gasteiger partial charge in [-0.05, 0) is 108 Å². The van der Waals surface area contributed by atoms with Crippen molar-refractivity contribution < 1.29 is 51.3 Å². The van der Waals surface area contributed by atoms with Crippen molar-refractivity contribution >= 4 is 119 Å². The van der Waals surface area contributed by atoms with Crippen LogP contribution in [0.4, 0.5) is 36.6 Å². The molecule has 0 fully saturated rings. The van der Waals surface area contributed by atoms with Crippen LogP contribution in [0.5, 0.6) is 0 Å². The molecular formula is C48H32BBrCl4F9N2O2-. The first-order chi connectivity index (χ1) is 32.1. The van der Waals surface area contributed by atoms with Crippen LogP contribution >= 0.6 is 62.3 Å². The maximum absolute atomic E-state index is 9.43. The molecule has 0 saturated heterocycles. The lowest BCUT2D eigenvalue weighted by Crippen LogP contribution is -3.00. The first kappa shape index (κ1) is 55.7. The van der Waals surface area contributed by atoms with Gasteiger partial charge < -0.3 is 23.9 Å². The Balaban J connectivity index is 0.000000267. The molecule has 8 aromatic carbocycles. The summed E-state index contributed by atoms with van der Waals surface area (Å²) in [4.78, 5) is 0. The van der Waals surface area contributed by atoms with Crippen molar-refractivity contribution in [1.29, 1.82) is 0 Å². The van der Waals surface area contributed by atoms with Crippen LogP contribution < -0.4 is 10.2 Å². The van der Waals surface area contributed by atoms with E-state index in [2.05, 4.69) is 116 Å². The standard InChI is InChI=1S/C24H15Cl2N.C18H14BNO2.C6H3BrCl2.4F2.FH/c25-18-12-17(13-19(26)15-18)16-10-11-24-22(14-16)21-8-4-5-9-23(21)27(24)20-6-2-1-3-7-20;21-19(22)13-10-11-18-16(12-13)15-8-4-5-9-17(15)20(18)14-6-2-1-3-7-14;7-4-1-5(8)3-6(9)2-4;4*1-2;/h1-15H;1-12,21-22H;1-3H;;;;;1H/p-1. The highest BCUT2D eigenvalue weighted by Gasteiger charge is 2.17. The fourth-order valence-corrected chi connectivity index (χ4v) is 9.06. The van der Waals surface area contributed by atoms with Gasteiger partial charge in [-0.2, -0.15) is 0 Å². The molecule has 0 aliphatic carbocycles. The fourth-order valence-electron chi connectivity index (χ4n) is 7.25. The molecule has 4 nitrogen and oxygen atoms in total. The van der Waals surface area contributed by atoms with Crippen molar-refractivity contribution in [3.8, 4) is 22.5 Å². The van der Waals surface area contributed by atoms with Crippen molar-refractivity contribution in [2.75, 3.05) is 0 Å². The third kappa shape index (κ3) is 13.7. The molecule has 0 radical (unpaired) electrons. The topological polar surface area (TPSA) is 50.3 Å². The summed E-state index contributed by atoms with van der Waals surface area (Å²) in [5.41, 5.74) is 9.40. The number of halogens is 14. The predicted octanol–water partition coefficient (Wildman–Crippen LogP) is 14.3. The summed E-state index contributed by atoms with van der Waals surface area (Å²) >= 11 is 26.9. The summed E-state index contributed by atoms with van der Waals surface area (Å²) in [5.74, 6) is 0. The highest BCUT2D eigenvalue weighted by Crippen LogP contribution is 2.36. The number of aromatic nitrogens is 2. The summed E-state index contributed by atoms with van der Waals surface area (Å²) in [6.45, 7) is 0. The summed E-state index contributed by atoms with van der Waals surface area (Å²) in [6, 6.07) is 60.3. The van der Waals surface area contributed by atoms with Crippen molar-refractivity contribution in [2.24, 2.45) is 0 Å². The monoisotopic (exact) mass is 1070 g/mol. The lowest BCUT2D eigenvalue weighted by atomic mass is 9.80. The SMILES string of the molecule is Clc1cc(Cl)cc(-c2ccc3c(c2)c2ccccc2n3-c2ccccc2)c1.Clc1cc(Cl)cc(Br)c1.FF.FF.FF.FF.OB(O)c1ccc2c(c1)c1ccccc1n2-c1ccccc1.[F-]. The van der Waals surface area contributed by atoms with Gasteiger partial charge >= 0.3 is 7.12 Å². The van der Waals surface area contributed by atoms with Crippen LogP contribution in [0.25, 0.3) is 66.1 Å². The Morgan fingerprint density at radius 1 is 0.373 bits per heavy atom. The summed E-state index contributed by atoms with van der Waals surface area (Å²) in [7, 11) is -1.46. The molecule has 19 heteroatoms. The van der Waals surface area contributed by atoms with Crippen molar-refractivity contribution in [3.05, 3.63) is 207 Å². The number of hydrogen-bond donors (Lipinski definition) is 2. The second-order valence-corrected chi connectivity index (χ2v) is 16.2. The number of hydrogen-bond acceptors (Lipinski definition) is 2. The van der Waals surface area contributed by atoms with Crippen molar-refractivity contribution in [3.63, 3.8) is 0 Å². The highest BCUT2D eigenvalue weighted by molar-refractivity contribution is 9.10. The Bertz CT molecular complexity index is 3030. The van der Waals surface area contributed by atoms with Crippen molar-refractivity contribution in [1.82, 2.24) is 9.13 Å². The van der Waals surface area contributed by atoms with Crippen LogP contribution in [0.15, 0.2) is 186 Å². The van der Waals surface area contributed by atoms with Gasteiger partial charge in [-0.25, -0.2) is 0 Å². The predicted molar refractivity (Wildman–Crippen MR) is 260 cm³/mol. The van der Waals surface area contributed by atoms with Crippen LogP contribution in [0.1, 0.15) is 0 Å². The molecule has 67 heavy (non-hydrogen) atoms. The molecule has 10 rings (SSSR count).